The van der Waals surface area contributed by atoms with Crippen LogP contribution in [0.25, 0.3) is 6.08 Å². The van der Waals surface area contributed by atoms with Crippen molar-refractivity contribution in [3.05, 3.63) is 78.5 Å². The zero-order chi connectivity index (χ0) is 26.0. The SMILES string of the molecule is CCOC(=O)C1=C(C)N=c2s/c(=C\c3ccc(O)c(OC)c3)c(=O)n2[C@@H]1c1ccc(OC)cc1OC. The van der Waals surface area contributed by atoms with Gasteiger partial charge in [0.15, 0.2) is 16.3 Å². The Morgan fingerprint density at radius 2 is 1.86 bits per heavy atom. The van der Waals surface area contributed by atoms with Crippen LogP contribution in [0.15, 0.2) is 57.5 Å². The van der Waals surface area contributed by atoms with E-state index in [1.54, 1.807) is 57.4 Å². The highest BCUT2D eigenvalue weighted by Gasteiger charge is 2.35. The molecule has 36 heavy (non-hydrogen) atoms. The zero-order valence-corrected chi connectivity index (χ0v) is 21.3. The van der Waals surface area contributed by atoms with E-state index in [0.29, 0.717) is 37.7 Å². The topological polar surface area (TPSA) is 109 Å². The van der Waals surface area contributed by atoms with Crippen LogP contribution < -0.4 is 29.1 Å². The van der Waals surface area contributed by atoms with Gasteiger partial charge in [-0.1, -0.05) is 17.4 Å². The molecule has 10 heteroatoms. The van der Waals surface area contributed by atoms with Crippen molar-refractivity contribution in [1.82, 2.24) is 4.57 Å². The molecule has 0 fully saturated rings. The number of phenols is 1. The van der Waals surface area contributed by atoms with E-state index < -0.39 is 12.0 Å². The molecule has 1 aliphatic rings. The van der Waals surface area contributed by atoms with E-state index in [2.05, 4.69) is 4.99 Å². The molecule has 188 valence electrons. The van der Waals surface area contributed by atoms with E-state index in [-0.39, 0.29) is 29.2 Å². The fourth-order valence-electron chi connectivity index (χ4n) is 4.07. The number of hydrogen-bond donors (Lipinski definition) is 1. The first-order valence-electron chi connectivity index (χ1n) is 11.1. The van der Waals surface area contributed by atoms with Gasteiger partial charge in [0.1, 0.15) is 17.5 Å². The summed E-state index contributed by atoms with van der Waals surface area (Å²) < 4.78 is 23.3. The standard InChI is InChI=1S/C26H26N2O7S/c1-6-35-25(31)22-14(2)27-26-28(23(22)17-9-8-16(32-3)13-19(17)33-4)24(30)21(36-26)12-15-7-10-18(29)20(11-15)34-5/h7-13,23,29H,6H2,1-5H3/b21-12-/t23-/m1/s1. The third-order valence-corrected chi connectivity index (χ3v) is 6.74. The molecule has 2 aromatic carbocycles. The lowest BCUT2D eigenvalue weighted by atomic mass is 9.95. The summed E-state index contributed by atoms with van der Waals surface area (Å²) in [6, 6.07) is 9.19. The summed E-state index contributed by atoms with van der Waals surface area (Å²) in [4.78, 5) is 31.8. The van der Waals surface area contributed by atoms with Gasteiger partial charge in [-0.05, 0) is 49.8 Å². The molecule has 3 aromatic rings. The maximum Gasteiger partial charge on any atom is 0.338 e. The maximum atomic E-state index is 13.7. The number of aromatic hydroxyl groups is 1. The first kappa shape index (κ1) is 25.1. The predicted octanol–water partition coefficient (Wildman–Crippen LogP) is 2.53. The lowest BCUT2D eigenvalue weighted by Gasteiger charge is -2.26. The number of benzene rings is 2. The number of carbonyl (C=O) groups is 1. The van der Waals surface area contributed by atoms with Gasteiger partial charge < -0.3 is 24.1 Å². The van der Waals surface area contributed by atoms with Crippen molar-refractivity contribution in [2.24, 2.45) is 4.99 Å². The Balaban J connectivity index is 1.98. The molecule has 0 amide bonds. The van der Waals surface area contributed by atoms with Gasteiger partial charge in [0, 0.05) is 11.6 Å². The van der Waals surface area contributed by atoms with Crippen molar-refractivity contribution in [2.45, 2.75) is 19.9 Å². The molecule has 1 aliphatic heterocycles. The summed E-state index contributed by atoms with van der Waals surface area (Å²) in [6.45, 7) is 3.62. The normalized spacial score (nSPS) is 15.2. The van der Waals surface area contributed by atoms with Crippen LogP contribution in [-0.2, 0) is 9.53 Å². The Morgan fingerprint density at radius 1 is 1.11 bits per heavy atom. The van der Waals surface area contributed by atoms with Crippen LogP contribution in [-0.4, -0.2) is 43.6 Å². The lowest BCUT2D eigenvalue weighted by molar-refractivity contribution is -0.139. The summed E-state index contributed by atoms with van der Waals surface area (Å²) >= 11 is 1.20. The van der Waals surface area contributed by atoms with Crippen molar-refractivity contribution in [2.75, 3.05) is 27.9 Å². The first-order chi connectivity index (χ1) is 17.3. The maximum absolute atomic E-state index is 13.7. The number of ether oxygens (including phenoxy) is 4. The largest absolute Gasteiger partial charge is 0.504 e. The van der Waals surface area contributed by atoms with E-state index >= 15 is 0 Å². The molecular weight excluding hydrogens is 484 g/mol. The quantitative estimate of drug-likeness (QED) is 0.487. The summed E-state index contributed by atoms with van der Waals surface area (Å²) in [7, 11) is 4.51. The zero-order valence-electron chi connectivity index (χ0n) is 20.5. The fourth-order valence-corrected chi connectivity index (χ4v) is 5.11. The number of aromatic nitrogens is 1. The number of phenolic OH excluding ortho intramolecular Hbond substituents is 1. The van der Waals surface area contributed by atoms with Crippen molar-refractivity contribution in [3.8, 4) is 23.0 Å². The third-order valence-electron chi connectivity index (χ3n) is 5.75. The average Bonchev–Trinajstić information content (AvgIpc) is 3.18. The Hall–Kier alpha value is -4.05. The van der Waals surface area contributed by atoms with Crippen molar-refractivity contribution in [1.29, 1.82) is 0 Å². The first-order valence-corrected chi connectivity index (χ1v) is 11.9. The van der Waals surface area contributed by atoms with Crippen LogP contribution in [0, 0.1) is 0 Å². The van der Waals surface area contributed by atoms with Crippen LogP contribution in [0.4, 0.5) is 0 Å². The molecule has 1 N–H and O–H groups in total. The van der Waals surface area contributed by atoms with Gasteiger partial charge in [-0.15, -0.1) is 0 Å². The second-order valence-electron chi connectivity index (χ2n) is 7.84. The molecule has 1 atom stereocenters. The monoisotopic (exact) mass is 510 g/mol. The molecule has 0 bridgehead atoms. The number of allylic oxidation sites excluding steroid dienone is 1. The lowest BCUT2D eigenvalue weighted by Crippen LogP contribution is -2.40. The van der Waals surface area contributed by atoms with Crippen LogP contribution >= 0.6 is 11.3 Å². The van der Waals surface area contributed by atoms with Crippen LogP contribution in [0.3, 0.4) is 0 Å². The summed E-state index contributed by atoms with van der Waals surface area (Å²) in [5.74, 6) is 0.755. The predicted molar refractivity (Wildman–Crippen MR) is 135 cm³/mol. The number of rotatable bonds is 7. The highest BCUT2D eigenvalue weighted by Crippen LogP contribution is 2.37. The van der Waals surface area contributed by atoms with Crippen LogP contribution in [0.1, 0.15) is 31.0 Å². The van der Waals surface area contributed by atoms with Gasteiger partial charge in [0.2, 0.25) is 0 Å². The van der Waals surface area contributed by atoms with E-state index in [1.807, 2.05) is 0 Å². The Morgan fingerprint density at radius 3 is 2.53 bits per heavy atom. The Kier molecular flexibility index (Phi) is 7.16. The van der Waals surface area contributed by atoms with E-state index in [4.69, 9.17) is 18.9 Å². The third kappa shape index (κ3) is 4.47. The number of hydrogen-bond acceptors (Lipinski definition) is 9. The van der Waals surface area contributed by atoms with Gasteiger partial charge in [-0.25, -0.2) is 9.79 Å². The molecule has 0 saturated heterocycles. The van der Waals surface area contributed by atoms with Gasteiger partial charge >= 0.3 is 5.97 Å². The number of esters is 1. The van der Waals surface area contributed by atoms with Gasteiger partial charge in [-0.3, -0.25) is 9.36 Å². The molecule has 0 aliphatic carbocycles. The molecule has 0 radical (unpaired) electrons. The fraction of sp³-hybridized carbons (Fsp3) is 0.269. The second-order valence-corrected chi connectivity index (χ2v) is 8.85. The smallest absolute Gasteiger partial charge is 0.338 e. The summed E-state index contributed by atoms with van der Waals surface area (Å²) in [5.41, 5.74) is 1.63. The molecular formula is C26H26N2O7S. The molecule has 4 rings (SSSR count). The Bertz CT molecular complexity index is 1530. The molecule has 9 nitrogen and oxygen atoms in total. The highest BCUT2D eigenvalue weighted by molar-refractivity contribution is 7.07. The summed E-state index contributed by atoms with van der Waals surface area (Å²) in [6.07, 6.45) is 1.69. The van der Waals surface area contributed by atoms with Gasteiger partial charge in [-0.2, -0.15) is 0 Å². The number of nitrogens with zero attached hydrogens (tertiary/aromatic N) is 2. The minimum Gasteiger partial charge on any atom is -0.504 e. The number of methoxy groups -OCH3 is 3. The molecule has 0 spiro atoms. The van der Waals surface area contributed by atoms with Crippen molar-refractivity contribution < 1.29 is 28.8 Å². The van der Waals surface area contributed by atoms with E-state index in [1.165, 1.54) is 36.2 Å². The highest BCUT2D eigenvalue weighted by atomic mass is 32.1. The molecule has 0 saturated carbocycles. The van der Waals surface area contributed by atoms with E-state index in [0.717, 1.165) is 0 Å². The molecule has 2 heterocycles. The average molecular weight is 511 g/mol. The minimum atomic E-state index is -0.822. The van der Waals surface area contributed by atoms with Crippen LogP contribution in [0.5, 0.6) is 23.0 Å². The summed E-state index contributed by atoms with van der Waals surface area (Å²) in [5, 5.41) is 9.90. The molecule has 1 aromatic heterocycles. The van der Waals surface area contributed by atoms with Gasteiger partial charge in [0.05, 0.1) is 43.7 Å². The van der Waals surface area contributed by atoms with Crippen LogP contribution in [0.2, 0.25) is 0 Å². The number of carbonyl (C=O) groups excluding carboxylic acids is 1. The molecule has 0 unspecified atom stereocenters. The number of fused-ring (bicyclic) bond motifs is 1. The number of thiazole rings is 1. The minimum absolute atomic E-state index is 0.00239. The van der Waals surface area contributed by atoms with Crippen molar-refractivity contribution in [3.63, 3.8) is 0 Å². The van der Waals surface area contributed by atoms with Gasteiger partial charge in [0.25, 0.3) is 5.56 Å². The second kappa shape index (κ2) is 10.3. The Labute approximate surface area is 211 Å². The van der Waals surface area contributed by atoms with Crippen molar-refractivity contribution >= 4 is 23.4 Å². The van der Waals surface area contributed by atoms with E-state index in [9.17, 15) is 14.7 Å².